The van der Waals surface area contributed by atoms with Crippen LogP contribution in [-0.4, -0.2) is 20.9 Å². The largest absolute Gasteiger partial charge is 0.494 e. The Morgan fingerprint density at radius 2 is 1.86 bits per heavy atom. The number of ether oxygens (including phenoxy) is 1. The van der Waals surface area contributed by atoms with Gasteiger partial charge in [0.1, 0.15) is 5.75 Å². The molecule has 0 aromatic heterocycles. The molecule has 0 radical (unpaired) electrons. The van der Waals surface area contributed by atoms with Crippen molar-refractivity contribution in [2.45, 2.75) is 43.9 Å². The van der Waals surface area contributed by atoms with Crippen LogP contribution in [0.5, 0.6) is 5.75 Å². The number of sulfonamides is 1. The lowest BCUT2D eigenvalue weighted by Gasteiger charge is -2.10. The van der Waals surface area contributed by atoms with E-state index in [2.05, 4.69) is 4.72 Å². The van der Waals surface area contributed by atoms with Gasteiger partial charge < -0.3 is 4.74 Å². The van der Waals surface area contributed by atoms with Gasteiger partial charge in [-0.2, -0.15) is 0 Å². The second-order valence-electron chi connectivity index (χ2n) is 5.29. The van der Waals surface area contributed by atoms with E-state index in [1.165, 1.54) is 12.1 Å². The van der Waals surface area contributed by atoms with Crippen LogP contribution in [0.4, 0.5) is 0 Å². The van der Waals surface area contributed by atoms with E-state index in [4.69, 9.17) is 4.74 Å². The molecule has 1 amide bonds. The lowest BCUT2D eigenvalue weighted by molar-refractivity contribution is -0.120. The van der Waals surface area contributed by atoms with Gasteiger partial charge in [0.05, 0.1) is 11.5 Å². The van der Waals surface area contributed by atoms with Crippen molar-refractivity contribution in [2.75, 3.05) is 6.61 Å². The van der Waals surface area contributed by atoms with Crippen molar-refractivity contribution >= 4 is 15.9 Å². The van der Waals surface area contributed by atoms with Crippen LogP contribution >= 0.6 is 0 Å². The van der Waals surface area contributed by atoms with Crippen LogP contribution in [0.1, 0.15) is 39.0 Å². The molecule has 0 spiro atoms. The highest BCUT2D eigenvalue weighted by atomic mass is 32.2. The quantitative estimate of drug-likeness (QED) is 0.876. The van der Waals surface area contributed by atoms with Crippen LogP contribution in [-0.2, 0) is 14.8 Å². The van der Waals surface area contributed by atoms with Gasteiger partial charge >= 0.3 is 0 Å². The zero-order valence-corrected chi connectivity index (χ0v) is 13.0. The number of hydrogen-bond acceptors (Lipinski definition) is 4. The van der Waals surface area contributed by atoms with Gasteiger partial charge in [0.25, 0.3) is 10.0 Å². The summed E-state index contributed by atoms with van der Waals surface area (Å²) in [6, 6.07) is 6.05. The number of nitrogens with one attached hydrogen (secondary N) is 1. The molecular weight excluding hydrogens is 290 g/mol. The monoisotopic (exact) mass is 311 g/mol. The van der Waals surface area contributed by atoms with Crippen LogP contribution < -0.4 is 9.46 Å². The summed E-state index contributed by atoms with van der Waals surface area (Å²) in [5.74, 6) is 0.505. The second-order valence-corrected chi connectivity index (χ2v) is 6.97. The molecule has 1 aromatic rings. The first kappa shape index (κ1) is 15.8. The molecule has 0 atom stereocenters. The molecule has 0 heterocycles. The van der Waals surface area contributed by atoms with Gasteiger partial charge in [-0.05, 0) is 49.9 Å². The van der Waals surface area contributed by atoms with Gasteiger partial charge in [0, 0.05) is 6.42 Å². The van der Waals surface area contributed by atoms with E-state index < -0.39 is 15.9 Å². The zero-order chi connectivity index (χ0) is 15.3. The lowest BCUT2D eigenvalue weighted by Crippen LogP contribution is -2.31. The first-order chi connectivity index (χ1) is 10.0. The van der Waals surface area contributed by atoms with Crippen LogP contribution in [0.2, 0.25) is 0 Å². The molecular formula is C15H21NO4S. The van der Waals surface area contributed by atoms with Gasteiger partial charge in [-0.3, -0.25) is 4.79 Å². The van der Waals surface area contributed by atoms with E-state index in [-0.39, 0.29) is 11.3 Å². The minimum Gasteiger partial charge on any atom is -0.494 e. The maximum absolute atomic E-state index is 12.1. The molecule has 1 aliphatic carbocycles. The average Bonchev–Trinajstić information content (AvgIpc) is 2.92. The molecule has 0 aliphatic heterocycles. The summed E-state index contributed by atoms with van der Waals surface area (Å²) >= 11 is 0. The Labute approximate surface area is 125 Å². The molecule has 1 aliphatic rings. The molecule has 21 heavy (non-hydrogen) atoms. The SMILES string of the molecule is CCOc1ccc(S(=O)(=O)NC(=O)CC2CCCC2)cc1. The van der Waals surface area contributed by atoms with Crippen LogP contribution in [0.25, 0.3) is 0 Å². The molecule has 0 saturated heterocycles. The third kappa shape index (κ3) is 4.46. The van der Waals surface area contributed by atoms with E-state index in [1.807, 2.05) is 6.92 Å². The van der Waals surface area contributed by atoms with Gasteiger partial charge in [-0.25, -0.2) is 13.1 Å². The predicted octanol–water partition coefficient (Wildman–Crippen LogP) is 2.47. The second kappa shape index (κ2) is 6.93. The Hall–Kier alpha value is -1.56. The smallest absolute Gasteiger partial charge is 0.264 e. The summed E-state index contributed by atoms with van der Waals surface area (Å²) in [5.41, 5.74) is 0. The van der Waals surface area contributed by atoms with Crippen molar-refractivity contribution in [3.05, 3.63) is 24.3 Å². The zero-order valence-electron chi connectivity index (χ0n) is 12.2. The normalized spacial score (nSPS) is 15.9. The first-order valence-electron chi connectivity index (χ1n) is 7.30. The maximum atomic E-state index is 12.1. The van der Waals surface area contributed by atoms with Crippen molar-refractivity contribution in [1.82, 2.24) is 4.72 Å². The highest BCUT2D eigenvalue weighted by molar-refractivity contribution is 7.90. The number of carbonyl (C=O) groups excluding carboxylic acids is 1. The molecule has 0 bridgehead atoms. The average molecular weight is 311 g/mol. The van der Waals surface area contributed by atoms with E-state index in [9.17, 15) is 13.2 Å². The fraction of sp³-hybridized carbons (Fsp3) is 0.533. The minimum atomic E-state index is -3.79. The van der Waals surface area contributed by atoms with Crippen molar-refractivity contribution in [1.29, 1.82) is 0 Å². The molecule has 1 aromatic carbocycles. The predicted molar refractivity (Wildman–Crippen MR) is 79.5 cm³/mol. The summed E-state index contributed by atoms with van der Waals surface area (Å²) in [7, 11) is -3.79. The topological polar surface area (TPSA) is 72.5 Å². The lowest BCUT2D eigenvalue weighted by atomic mass is 10.0. The Morgan fingerprint density at radius 1 is 1.24 bits per heavy atom. The number of amides is 1. The molecule has 0 unspecified atom stereocenters. The van der Waals surface area contributed by atoms with Gasteiger partial charge in [-0.15, -0.1) is 0 Å². The van der Waals surface area contributed by atoms with E-state index in [0.717, 1.165) is 25.7 Å². The summed E-state index contributed by atoms with van der Waals surface area (Å²) in [5, 5.41) is 0. The molecule has 1 saturated carbocycles. The molecule has 2 rings (SSSR count). The van der Waals surface area contributed by atoms with E-state index >= 15 is 0 Å². The molecule has 6 heteroatoms. The summed E-state index contributed by atoms with van der Waals surface area (Å²) in [4.78, 5) is 11.9. The van der Waals surface area contributed by atoms with Crippen molar-refractivity contribution in [3.63, 3.8) is 0 Å². The third-order valence-corrected chi connectivity index (χ3v) is 5.03. The first-order valence-corrected chi connectivity index (χ1v) is 8.78. The highest BCUT2D eigenvalue weighted by Crippen LogP contribution is 2.27. The maximum Gasteiger partial charge on any atom is 0.264 e. The highest BCUT2D eigenvalue weighted by Gasteiger charge is 2.22. The van der Waals surface area contributed by atoms with Crippen LogP contribution in [0, 0.1) is 5.92 Å². The van der Waals surface area contributed by atoms with Crippen molar-refractivity contribution < 1.29 is 17.9 Å². The third-order valence-electron chi connectivity index (χ3n) is 3.64. The van der Waals surface area contributed by atoms with Crippen LogP contribution in [0.3, 0.4) is 0 Å². The number of hydrogen-bond donors (Lipinski definition) is 1. The van der Waals surface area contributed by atoms with E-state index in [1.54, 1.807) is 12.1 Å². The molecule has 1 N–H and O–H groups in total. The van der Waals surface area contributed by atoms with Crippen molar-refractivity contribution in [3.8, 4) is 5.75 Å². The Kier molecular flexibility index (Phi) is 5.22. The number of carbonyl (C=O) groups is 1. The fourth-order valence-corrected chi connectivity index (χ4v) is 3.60. The molecule has 1 fully saturated rings. The van der Waals surface area contributed by atoms with E-state index in [0.29, 0.717) is 18.3 Å². The van der Waals surface area contributed by atoms with Gasteiger partial charge in [0.15, 0.2) is 0 Å². The summed E-state index contributed by atoms with van der Waals surface area (Å²) in [6.07, 6.45) is 4.57. The summed E-state index contributed by atoms with van der Waals surface area (Å²) < 4.78 is 31.6. The standard InChI is InChI=1S/C15H21NO4S/c1-2-20-13-7-9-14(10-8-13)21(18,19)16-15(17)11-12-5-3-4-6-12/h7-10,12H,2-6,11H2,1H3,(H,16,17). The number of rotatable bonds is 6. The minimum absolute atomic E-state index is 0.0747. The van der Waals surface area contributed by atoms with Crippen LogP contribution in [0.15, 0.2) is 29.2 Å². The Bertz CT molecular complexity index is 574. The summed E-state index contributed by atoms with van der Waals surface area (Å²) in [6.45, 7) is 2.37. The van der Waals surface area contributed by atoms with Gasteiger partial charge in [-0.1, -0.05) is 12.8 Å². The molecule has 116 valence electrons. The van der Waals surface area contributed by atoms with Gasteiger partial charge in [0.2, 0.25) is 5.91 Å². The molecule has 5 nitrogen and oxygen atoms in total. The van der Waals surface area contributed by atoms with Crippen molar-refractivity contribution in [2.24, 2.45) is 5.92 Å². The Morgan fingerprint density at radius 3 is 2.43 bits per heavy atom. The fourth-order valence-electron chi connectivity index (χ4n) is 2.61. The Balaban J connectivity index is 1.98. The number of benzene rings is 1.